The third-order valence-corrected chi connectivity index (χ3v) is 6.41. The number of nitrogens with zero attached hydrogens (tertiary/aromatic N) is 2. The first-order valence-electron chi connectivity index (χ1n) is 10.7. The summed E-state index contributed by atoms with van der Waals surface area (Å²) in [5.74, 6) is -3.98. The number of fused-ring (bicyclic) bond motifs is 1. The first-order chi connectivity index (χ1) is 17.5. The molecule has 0 aliphatic heterocycles. The van der Waals surface area contributed by atoms with Crippen molar-refractivity contribution >= 4 is 38.3 Å². The van der Waals surface area contributed by atoms with E-state index < -0.39 is 55.9 Å². The SMILES string of the molecule is CC(C)Nc1ncnc2[nH]cc(C(=O)c3c(F)ccc(NS(=O)(=O)c4cccc(OC(F)F)c4)c3F)c12. The molecule has 0 saturated carbocycles. The van der Waals surface area contributed by atoms with Crippen LogP contribution in [-0.2, 0) is 10.0 Å². The summed E-state index contributed by atoms with van der Waals surface area (Å²) in [5.41, 5.74) is -1.66. The highest BCUT2D eigenvalue weighted by atomic mass is 32.2. The number of alkyl halides is 2. The van der Waals surface area contributed by atoms with Gasteiger partial charge in [-0.3, -0.25) is 9.52 Å². The van der Waals surface area contributed by atoms with Crippen LogP contribution in [0.5, 0.6) is 5.75 Å². The summed E-state index contributed by atoms with van der Waals surface area (Å²) in [6.07, 6.45) is 2.47. The van der Waals surface area contributed by atoms with Gasteiger partial charge in [-0.2, -0.15) is 8.78 Å². The molecule has 2 aromatic heterocycles. The standard InChI is InChI=1S/C23H19F4N5O4S/c1-11(2)31-22-17-14(9-28-21(17)29-10-30-22)20(33)18-15(24)6-7-16(19(18)25)32-37(34,35)13-5-3-4-12(8-13)36-23(26)27/h3-11,23,32H,1-2H3,(H2,28,29,30,31). The number of aromatic nitrogens is 3. The summed E-state index contributed by atoms with van der Waals surface area (Å²) >= 11 is 0. The molecule has 0 bridgehead atoms. The minimum Gasteiger partial charge on any atom is -0.435 e. The smallest absolute Gasteiger partial charge is 0.387 e. The number of sulfonamides is 1. The van der Waals surface area contributed by atoms with Crippen LogP contribution in [0.15, 0.2) is 53.8 Å². The van der Waals surface area contributed by atoms with E-state index in [0.29, 0.717) is 0 Å². The van der Waals surface area contributed by atoms with E-state index in [0.717, 1.165) is 36.4 Å². The third-order valence-electron chi connectivity index (χ3n) is 5.04. The third kappa shape index (κ3) is 5.33. The number of hydrogen-bond acceptors (Lipinski definition) is 7. The number of carbonyl (C=O) groups is 1. The molecule has 0 spiro atoms. The average molecular weight is 537 g/mol. The van der Waals surface area contributed by atoms with Gasteiger partial charge >= 0.3 is 6.61 Å². The van der Waals surface area contributed by atoms with Gasteiger partial charge in [0.1, 0.15) is 29.4 Å². The van der Waals surface area contributed by atoms with Crippen LogP contribution < -0.4 is 14.8 Å². The van der Waals surface area contributed by atoms with E-state index in [4.69, 9.17) is 0 Å². The molecule has 194 valence electrons. The summed E-state index contributed by atoms with van der Waals surface area (Å²) in [6, 6.07) is 5.54. The van der Waals surface area contributed by atoms with E-state index in [2.05, 4.69) is 25.0 Å². The second kappa shape index (κ2) is 10.0. The zero-order chi connectivity index (χ0) is 26.9. The highest BCUT2D eigenvalue weighted by molar-refractivity contribution is 7.92. The number of H-pyrrole nitrogens is 1. The van der Waals surface area contributed by atoms with Gasteiger partial charge in [-0.15, -0.1) is 0 Å². The Morgan fingerprint density at radius 2 is 1.86 bits per heavy atom. The Bertz CT molecular complexity index is 1590. The van der Waals surface area contributed by atoms with E-state index >= 15 is 4.39 Å². The van der Waals surface area contributed by atoms with E-state index in [1.165, 1.54) is 12.5 Å². The zero-order valence-corrected chi connectivity index (χ0v) is 20.0. The molecule has 4 rings (SSSR count). The number of benzene rings is 2. The Balaban J connectivity index is 1.73. The van der Waals surface area contributed by atoms with Crippen molar-refractivity contribution in [2.24, 2.45) is 0 Å². The van der Waals surface area contributed by atoms with Crippen LogP contribution in [0.2, 0.25) is 0 Å². The lowest BCUT2D eigenvalue weighted by molar-refractivity contribution is -0.0500. The van der Waals surface area contributed by atoms with Crippen molar-refractivity contribution in [2.75, 3.05) is 10.0 Å². The molecular formula is C23H19F4N5O4S. The molecule has 2 aromatic carbocycles. The fraction of sp³-hybridized carbons (Fsp3) is 0.174. The summed E-state index contributed by atoms with van der Waals surface area (Å²) < 4.78 is 86.8. The van der Waals surface area contributed by atoms with Crippen LogP contribution in [0.3, 0.4) is 0 Å². The Morgan fingerprint density at radius 1 is 1.11 bits per heavy atom. The van der Waals surface area contributed by atoms with Crippen molar-refractivity contribution in [3.05, 3.63) is 71.7 Å². The summed E-state index contributed by atoms with van der Waals surface area (Å²) in [5, 5.41) is 3.22. The van der Waals surface area contributed by atoms with E-state index in [9.17, 15) is 26.4 Å². The number of ether oxygens (including phenoxy) is 1. The number of carbonyl (C=O) groups excluding carboxylic acids is 1. The van der Waals surface area contributed by atoms with Gasteiger partial charge in [0.2, 0.25) is 5.78 Å². The Morgan fingerprint density at radius 3 is 2.57 bits per heavy atom. The summed E-state index contributed by atoms with van der Waals surface area (Å²) in [7, 11) is -4.54. The molecule has 0 unspecified atom stereocenters. The lowest BCUT2D eigenvalue weighted by atomic mass is 10.0. The number of nitrogens with one attached hydrogen (secondary N) is 3. The van der Waals surface area contributed by atoms with Crippen LogP contribution in [0.1, 0.15) is 29.8 Å². The van der Waals surface area contributed by atoms with E-state index in [-0.39, 0.29) is 28.5 Å². The molecule has 2 heterocycles. The quantitative estimate of drug-likeness (QED) is 0.209. The number of halogens is 4. The van der Waals surface area contributed by atoms with Gasteiger partial charge in [0, 0.05) is 18.3 Å². The number of aromatic amines is 1. The van der Waals surface area contributed by atoms with Gasteiger partial charge < -0.3 is 15.0 Å². The average Bonchev–Trinajstić information content (AvgIpc) is 3.26. The normalized spacial score (nSPS) is 11.8. The van der Waals surface area contributed by atoms with Crippen molar-refractivity contribution in [3.63, 3.8) is 0 Å². The predicted molar refractivity (Wildman–Crippen MR) is 126 cm³/mol. The Hall–Kier alpha value is -4.20. The minimum absolute atomic E-state index is 0.0910. The molecule has 0 radical (unpaired) electrons. The molecule has 14 heteroatoms. The van der Waals surface area contributed by atoms with Crippen LogP contribution in [-0.4, -0.2) is 41.8 Å². The fourth-order valence-corrected chi connectivity index (χ4v) is 4.61. The van der Waals surface area contributed by atoms with Gasteiger partial charge in [0.15, 0.2) is 5.82 Å². The Labute approximate surface area is 207 Å². The molecule has 0 aliphatic carbocycles. The van der Waals surface area contributed by atoms with Gasteiger partial charge in [0.05, 0.1) is 27.1 Å². The van der Waals surface area contributed by atoms with Gasteiger partial charge in [-0.1, -0.05) is 6.07 Å². The van der Waals surface area contributed by atoms with Gasteiger partial charge in [0.25, 0.3) is 10.0 Å². The monoisotopic (exact) mass is 537 g/mol. The molecule has 37 heavy (non-hydrogen) atoms. The molecule has 4 aromatic rings. The molecule has 0 aliphatic rings. The molecule has 0 fully saturated rings. The minimum atomic E-state index is -4.54. The maximum Gasteiger partial charge on any atom is 0.387 e. The largest absolute Gasteiger partial charge is 0.435 e. The molecule has 0 atom stereocenters. The van der Waals surface area contributed by atoms with Gasteiger partial charge in [-0.25, -0.2) is 27.2 Å². The van der Waals surface area contributed by atoms with Gasteiger partial charge in [-0.05, 0) is 38.1 Å². The maximum absolute atomic E-state index is 15.4. The van der Waals surface area contributed by atoms with Crippen LogP contribution in [0.25, 0.3) is 11.0 Å². The molecule has 3 N–H and O–H groups in total. The zero-order valence-electron chi connectivity index (χ0n) is 19.2. The van der Waals surface area contributed by atoms with Crippen molar-refractivity contribution in [3.8, 4) is 5.75 Å². The lowest BCUT2D eigenvalue weighted by Gasteiger charge is -2.13. The number of anilines is 2. The van der Waals surface area contributed by atoms with Crippen LogP contribution in [0.4, 0.5) is 29.1 Å². The molecule has 9 nitrogen and oxygen atoms in total. The van der Waals surface area contributed by atoms with Crippen molar-refractivity contribution in [2.45, 2.75) is 31.4 Å². The highest BCUT2D eigenvalue weighted by Crippen LogP contribution is 2.31. The highest BCUT2D eigenvalue weighted by Gasteiger charge is 2.27. The maximum atomic E-state index is 15.4. The number of hydrogen-bond donors (Lipinski definition) is 3. The second-order valence-electron chi connectivity index (χ2n) is 8.02. The first kappa shape index (κ1) is 25.9. The molecule has 0 amide bonds. The van der Waals surface area contributed by atoms with Crippen molar-refractivity contribution < 1.29 is 35.5 Å². The number of ketones is 1. The van der Waals surface area contributed by atoms with E-state index in [1.807, 2.05) is 18.6 Å². The van der Waals surface area contributed by atoms with Crippen molar-refractivity contribution in [1.29, 1.82) is 0 Å². The molecule has 0 saturated heterocycles. The van der Waals surface area contributed by atoms with E-state index in [1.54, 1.807) is 0 Å². The second-order valence-corrected chi connectivity index (χ2v) is 9.70. The molecular weight excluding hydrogens is 518 g/mol. The summed E-state index contributed by atoms with van der Waals surface area (Å²) in [6.45, 7) is 0.457. The summed E-state index contributed by atoms with van der Waals surface area (Å²) in [4.78, 5) is 23.6. The first-order valence-corrected chi connectivity index (χ1v) is 12.1. The predicted octanol–water partition coefficient (Wildman–Crippen LogP) is 4.69. The van der Waals surface area contributed by atoms with Crippen molar-refractivity contribution in [1.82, 2.24) is 15.0 Å². The fourth-order valence-electron chi connectivity index (χ4n) is 3.52. The number of rotatable bonds is 9. The Kier molecular flexibility index (Phi) is 7.03. The van der Waals surface area contributed by atoms with Crippen LogP contribution in [0, 0.1) is 11.6 Å². The lowest BCUT2D eigenvalue weighted by Crippen LogP contribution is -2.17. The topological polar surface area (TPSA) is 126 Å². The van der Waals surface area contributed by atoms with Crippen LogP contribution >= 0.6 is 0 Å².